The summed E-state index contributed by atoms with van der Waals surface area (Å²) < 4.78 is 0. The van der Waals surface area contributed by atoms with Gasteiger partial charge in [0.05, 0.1) is 0 Å². The number of rotatable bonds is 3. The van der Waals surface area contributed by atoms with Crippen LogP contribution in [0.15, 0.2) is 11.1 Å². The molecule has 0 amide bonds. The van der Waals surface area contributed by atoms with E-state index in [9.17, 15) is 0 Å². The molecule has 0 saturated heterocycles. The summed E-state index contributed by atoms with van der Waals surface area (Å²) in [6.07, 6.45) is 1.25. The summed E-state index contributed by atoms with van der Waals surface area (Å²) in [6.45, 7) is 21.0. The molecule has 1 atom stereocenters. The molecule has 90 valence electrons. The van der Waals surface area contributed by atoms with Crippen molar-refractivity contribution in [2.45, 2.75) is 68.7 Å². The lowest BCUT2D eigenvalue weighted by atomic mass is 9.63. The van der Waals surface area contributed by atoms with E-state index in [1.165, 1.54) is 12.0 Å². The van der Waals surface area contributed by atoms with Crippen LogP contribution in [0, 0.1) is 16.7 Å². The Bertz CT molecular complexity index is 231. The van der Waals surface area contributed by atoms with Crippen molar-refractivity contribution in [1.29, 1.82) is 0 Å². The van der Waals surface area contributed by atoms with Crippen molar-refractivity contribution in [2.75, 3.05) is 0 Å². The van der Waals surface area contributed by atoms with Crippen LogP contribution in [0.2, 0.25) is 0 Å². The second-order valence-electron chi connectivity index (χ2n) is 6.66. The van der Waals surface area contributed by atoms with Gasteiger partial charge in [0.25, 0.3) is 0 Å². The van der Waals surface area contributed by atoms with Gasteiger partial charge in [-0.15, -0.1) is 0 Å². The third-order valence-electron chi connectivity index (χ3n) is 3.74. The predicted molar refractivity (Wildman–Crippen MR) is 71.1 cm³/mol. The van der Waals surface area contributed by atoms with Gasteiger partial charge in [-0.05, 0) is 30.6 Å². The summed E-state index contributed by atoms with van der Waals surface area (Å²) in [4.78, 5) is 0. The third-order valence-corrected chi connectivity index (χ3v) is 3.74. The van der Waals surface area contributed by atoms with Crippen molar-refractivity contribution in [3.63, 3.8) is 0 Å². The van der Waals surface area contributed by atoms with E-state index in [2.05, 4.69) is 62.3 Å². The Labute approximate surface area is 97.2 Å². The Kier molecular flexibility index (Phi) is 4.64. The van der Waals surface area contributed by atoms with E-state index in [4.69, 9.17) is 0 Å². The quantitative estimate of drug-likeness (QED) is 0.544. The molecule has 0 N–H and O–H groups in total. The van der Waals surface area contributed by atoms with Crippen molar-refractivity contribution >= 4 is 0 Å². The summed E-state index contributed by atoms with van der Waals surface area (Å²) in [7, 11) is 0. The van der Waals surface area contributed by atoms with Gasteiger partial charge >= 0.3 is 0 Å². The Hall–Kier alpha value is -0.260. The lowest BCUT2D eigenvalue weighted by molar-refractivity contribution is 0.228. The molecule has 0 aromatic carbocycles. The fraction of sp³-hybridized carbons (Fsp3) is 0.867. The third kappa shape index (κ3) is 3.36. The van der Waals surface area contributed by atoms with Gasteiger partial charge in [-0.2, -0.15) is 0 Å². The first-order valence-electron chi connectivity index (χ1n) is 6.23. The molecule has 1 unspecified atom stereocenters. The Morgan fingerprint density at radius 1 is 1.00 bits per heavy atom. The van der Waals surface area contributed by atoms with Crippen molar-refractivity contribution in [3.8, 4) is 0 Å². The van der Waals surface area contributed by atoms with E-state index in [0.717, 1.165) is 5.92 Å². The molecule has 0 nitrogen and oxygen atoms in total. The average molecular weight is 210 g/mol. The summed E-state index contributed by atoms with van der Waals surface area (Å²) in [5.74, 6) is 0.738. The molecule has 0 aliphatic carbocycles. The highest BCUT2D eigenvalue weighted by Crippen LogP contribution is 2.46. The molecular weight excluding hydrogens is 180 g/mol. The smallest absolute Gasteiger partial charge is 0.0111 e. The van der Waals surface area contributed by atoms with Crippen molar-refractivity contribution < 1.29 is 0 Å². The molecule has 0 saturated carbocycles. The van der Waals surface area contributed by atoms with Crippen LogP contribution in [0.4, 0.5) is 0 Å². The summed E-state index contributed by atoms with van der Waals surface area (Å²) in [5, 5.41) is 0. The van der Waals surface area contributed by atoms with Crippen LogP contribution in [-0.4, -0.2) is 0 Å². The zero-order chi connectivity index (χ0) is 12.4. The molecular formula is C15H30. The standard InChI is InChI=1S/C15H30/c1-10-12(4)15(8,9)13(11(2)3)14(5,6)7/h12H,10H2,1-9H3. The molecule has 0 radical (unpaired) electrons. The molecule has 0 aliphatic rings. The lowest BCUT2D eigenvalue weighted by Gasteiger charge is -2.42. The maximum atomic E-state index is 2.40. The Morgan fingerprint density at radius 3 is 1.60 bits per heavy atom. The molecule has 0 heteroatoms. The van der Waals surface area contributed by atoms with E-state index in [0.29, 0.717) is 5.41 Å². The molecule has 0 aromatic heterocycles. The maximum absolute atomic E-state index is 2.40. The van der Waals surface area contributed by atoms with Crippen molar-refractivity contribution in [3.05, 3.63) is 11.1 Å². The van der Waals surface area contributed by atoms with E-state index in [-0.39, 0.29) is 5.41 Å². The van der Waals surface area contributed by atoms with Crippen molar-refractivity contribution in [1.82, 2.24) is 0 Å². The van der Waals surface area contributed by atoms with Gasteiger partial charge in [-0.1, -0.05) is 66.0 Å². The highest BCUT2D eigenvalue weighted by atomic mass is 14.4. The van der Waals surface area contributed by atoms with E-state index < -0.39 is 0 Å². The monoisotopic (exact) mass is 210 g/mol. The topological polar surface area (TPSA) is 0 Å². The molecule has 0 fully saturated rings. The second-order valence-corrected chi connectivity index (χ2v) is 6.66. The van der Waals surface area contributed by atoms with Crippen molar-refractivity contribution in [2.24, 2.45) is 16.7 Å². The normalized spacial score (nSPS) is 15.0. The first-order valence-corrected chi connectivity index (χ1v) is 6.23. The van der Waals surface area contributed by atoms with E-state index >= 15 is 0 Å². The van der Waals surface area contributed by atoms with Gasteiger partial charge in [0.15, 0.2) is 0 Å². The molecule has 0 rings (SSSR count). The Morgan fingerprint density at radius 2 is 1.40 bits per heavy atom. The highest BCUT2D eigenvalue weighted by Gasteiger charge is 2.35. The van der Waals surface area contributed by atoms with Gasteiger partial charge < -0.3 is 0 Å². The van der Waals surface area contributed by atoms with Crippen LogP contribution < -0.4 is 0 Å². The molecule has 0 aromatic rings. The highest BCUT2D eigenvalue weighted by molar-refractivity contribution is 5.24. The molecule has 15 heavy (non-hydrogen) atoms. The van der Waals surface area contributed by atoms with Gasteiger partial charge in [0.2, 0.25) is 0 Å². The summed E-state index contributed by atoms with van der Waals surface area (Å²) >= 11 is 0. The van der Waals surface area contributed by atoms with Gasteiger partial charge in [0, 0.05) is 0 Å². The van der Waals surface area contributed by atoms with Crippen LogP contribution in [0.3, 0.4) is 0 Å². The minimum atomic E-state index is 0.283. The molecule has 0 heterocycles. The Balaban J connectivity index is 5.40. The minimum absolute atomic E-state index is 0.283. The SMILES string of the molecule is CCC(C)C(C)(C)C(=C(C)C)C(C)(C)C. The predicted octanol–water partition coefficient (Wildman–Crippen LogP) is 5.44. The van der Waals surface area contributed by atoms with Crippen LogP contribution in [-0.2, 0) is 0 Å². The fourth-order valence-electron chi connectivity index (χ4n) is 3.12. The maximum Gasteiger partial charge on any atom is -0.0111 e. The van der Waals surface area contributed by atoms with Crippen LogP contribution in [0.5, 0.6) is 0 Å². The zero-order valence-electron chi connectivity index (χ0n) is 12.3. The van der Waals surface area contributed by atoms with Crippen LogP contribution in [0.1, 0.15) is 68.7 Å². The van der Waals surface area contributed by atoms with E-state index in [1.54, 1.807) is 5.57 Å². The zero-order valence-corrected chi connectivity index (χ0v) is 12.3. The lowest BCUT2D eigenvalue weighted by Crippen LogP contribution is -2.31. The van der Waals surface area contributed by atoms with E-state index in [1.807, 2.05) is 0 Å². The number of allylic oxidation sites excluding steroid dienone is 2. The summed E-state index contributed by atoms with van der Waals surface area (Å²) in [6, 6.07) is 0. The first-order chi connectivity index (χ1) is 6.55. The second kappa shape index (κ2) is 4.72. The molecule has 0 spiro atoms. The minimum Gasteiger partial charge on any atom is -0.0762 e. The fourth-order valence-corrected chi connectivity index (χ4v) is 3.12. The average Bonchev–Trinajstić information content (AvgIpc) is 1.98. The summed E-state index contributed by atoms with van der Waals surface area (Å²) in [5.41, 5.74) is 3.72. The van der Waals surface area contributed by atoms with Crippen LogP contribution in [0.25, 0.3) is 0 Å². The first kappa shape index (κ1) is 14.7. The molecule has 0 aliphatic heterocycles. The molecule has 0 bridgehead atoms. The van der Waals surface area contributed by atoms with Gasteiger partial charge in [0.1, 0.15) is 0 Å². The largest absolute Gasteiger partial charge is 0.0762 e. The van der Waals surface area contributed by atoms with Gasteiger partial charge in [-0.25, -0.2) is 0 Å². The van der Waals surface area contributed by atoms with Crippen LogP contribution >= 0.6 is 0 Å². The number of hydrogen-bond donors (Lipinski definition) is 0. The van der Waals surface area contributed by atoms with Gasteiger partial charge in [-0.3, -0.25) is 0 Å². The number of hydrogen-bond acceptors (Lipinski definition) is 0.